The van der Waals surface area contributed by atoms with Gasteiger partial charge in [0.1, 0.15) is 0 Å². The van der Waals surface area contributed by atoms with E-state index in [-0.39, 0.29) is 5.75 Å². The Morgan fingerprint density at radius 1 is 1.40 bits per heavy atom. The van der Waals surface area contributed by atoms with E-state index in [1.807, 2.05) is 31.2 Å². The van der Waals surface area contributed by atoms with Gasteiger partial charge in [0.2, 0.25) is 10.0 Å². The van der Waals surface area contributed by atoms with Crippen molar-refractivity contribution in [3.05, 3.63) is 35.9 Å². The molecule has 0 fully saturated rings. The Hall–Kier alpha value is -0.980. The van der Waals surface area contributed by atoms with E-state index in [1.165, 1.54) is 11.8 Å². The molecule has 1 heterocycles. The number of nitrogens with zero attached hydrogens (tertiary/aromatic N) is 1. The summed E-state index contributed by atoms with van der Waals surface area (Å²) in [4.78, 5) is 1.01. The van der Waals surface area contributed by atoms with Crippen LogP contribution in [-0.2, 0) is 10.0 Å². The SMILES string of the molecule is CC1=CCCN(S(=O)(=O)CCSc2cccc(N)c2)C1. The molecular weight excluding hydrogens is 292 g/mol. The van der Waals surface area contributed by atoms with Crippen molar-refractivity contribution in [2.75, 3.05) is 30.3 Å². The highest BCUT2D eigenvalue weighted by Gasteiger charge is 2.23. The molecule has 0 saturated carbocycles. The van der Waals surface area contributed by atoms with Gasteiger partial charge in [0, 0.05) is 29.4 Å². The van der Waals surface area contributed by atoms with E-state index in [2.05, 4.69) is 6.08 Å². The van der Waals surface area contributed by atoms with E-state index >= 15 is 0 Å². The maximum atomic E-state index is 12.2. The number of rotatable bonds is 5. The summed E-state index contributed by atoms with van der Waals surface area (Å²) in [6.07, 6.45) is 2.92. The van der Waals surface area contributed by atoms with Gasteiger partial charge in [0.15, 0.2) is 0 Å². The first-order chi connectivity index (χ1) is 9.47. The zero-order valence-corrected chi connectivity index (χ0v) is 13.2. The average Bonchev–Trinajstić information content (AvgIpc) is 2.38. The van der Waals surface area contributed by atoms with Crippen LogP contribution in [0.5, 0.6) is 0 Å². The summed E-state index contributed by atoms with van der Waals surface area (Å²) < 4.78 is 26.1. The summed E-state index contributed by atoms with van der Waals surface area (Å²) in [5.74, 6) is 0.713. The third-order valence-corrected chi connectivity index (χ3v) is 6.23. The van der Waals surface area contributed by atoms with Gasteiger partial charge in [0.25, 0.3) is 0 Å². The fraction of sp³-hybridized carbons (Fsp3) is 0.429. The molecule has 0 atom stereocenters. The minimum atomic E-state index is -3.16. The number of nitrogens with two attached hydrogens (primary N) is 1. The lowest BCUT2D eigenvalue weighted by molar-refractivity contribution is 0.429. The predicted molar refractivity (Wildman–Crippen MR) is 85.3 cm³/mol. The molecule has 0 aromatic heterocycles. The molecule has 20 heavy (non-hydrogen) atoms. The van der Waals surface area contributed by atoms with Crippen LogP contribution in [0, 0.1) is 0 Å². The molecule has 0 unspecified atom stereocenters. The van der Waals surface area contributed by atoms with E-state index in [0.717, 1.165) is 16.9 Å². The zero-order chi connectivity index (χ0) is 14.6. The molecule has 1 aliphatic heterocycles. The Morgan fingerprint density at radius 2 is 2.20 bits per heavy atom. The monoisotopic (exact) mass is 312 g/mol. The summed E-state index contributed by atoms with van der Waals surface area (Å²) in [5, 5.41) is 0. The van der Waals surface area contributed by atoms with Gasteiger partial charge in [-0.05, 0) is 31.5 Å². The molecule has 4 nitrogen and oxygen atoms in total. The fourth-order valence-corrected chi connectivity index (χ4v) is 4.96. The molecule has 1 aromatic rings. The van der Waals surface area contributed by atoms with E-state index in [1.54, 1.807) is 4.31 Å². The lowest BCUT2D eigenvalue weighted by Crippen LogP contribution is -2.37. The molecule has 0 saturated heterocycles. The van der Waals surface area contributed by atoms with Crippen molar-refractivity contribution < 1.29 is 8.42 Å². The molecule has 1 aromatic carbocycles. The number of hydrogen-bond donors (Lipinski definition) is 1. The van der Waals surface area contributed by atoms with Crippen molar-refractivity contribution in [3.8, 4) is 0 Å². The van der Waals surface area contributed by atoms with Gasteiger partial charge in [-0.1, -0.05) is 17.7 Å². The van der Waals surface area contributed by atoms with Crippen LogP contribution in [0.3, 0.4) is 0 Å². The molecule has 2 N–H and O–H groups in total. The fourth-order valence-electron chi connectivity index (χ4n) is 2.11. The standard InChI is InChI=1S/C14H20N2O2S2/c1-12-4-3-7-16(11-12)20(17,18)9-8-19-14-6-2-5-13(15)10-14/h2,4-6,10H,3,7-9,11,15H2,1H3. The molecule has 0 radical (unpaired) electrons. The van der Waals surface area contributed by atoms with Crippen LogP contribution < -0.4 is 5.73 Å². The van der Waals surface area contributed by atoms with E-state index in [4.69, 9.17) is 5.73 Å². The van der Waals surface area contributed by atoms with Crippen LogP contribution in [0.25, 0.3) is 0 Å². The van der Waals surface area contributed by atoms with Gasteiger partial charge >= 0.3 is 0 Å². The predicted octanol–water partition coefficient (Wildman–Crippen LogP) is 2.34. The summed E-state index contributed by atoms with van der Waals surface area (Å²) in [7, 11) is -3.16. The van der Waals surface area contributed by atoms with Crippen LogP contribution in [0.1, 0.15) is 13.3 Å². The second-order valence-electron chi connectivity index (χ2n) is 4.91. The van der Waals surface area contributed by atoms with E-state index < -0.39 is 10.0 Å². The first kappa shape index (κ1) is 15.4. The molecule has 110 valence electrons. The number of nitrogen functional groups attached to an aromatic ring is 1. The Kier molecular flexibility index (Phi) is 5.12. The van der Waals surface area contributed by atoms with Crippen LogP contribution in [-0.4, -0.2) is 37.3 Å². The molecule has 0 aliphatic carbocycles. The van der Waals surface area contributed by atoms with Gasteiger partial charge in [-0.15, -0.1) is 11.8 Å². The molecule has 6 heteroatoms. The van der Waals surface area contributed by atoms with Gasteiger partial charge < -0.3 is 5.73 Å². The van der Waals surface area contributed by atoms with Crippen LogP contribution in [0.2, 0.25) is 0 Å². The summed E-state index contributed by atoms with van der Waals surface area (Å²) >= 11 is 1.53. The number of sulfonamides is 1. The lowest BCUT2D eigenvalue weighted by Gasteiger charge is -2.25. The number of anilines is 1. The van der Waals surface area contributed by atoms with E-state index in [9.17, 15) is 8.42 Å². The molecule has 0 bridgehead atoms. The number of thioether (sulfide) groups is 1. The smallest absolute Gasteiger partial charge is 0.215 e. The van der Waals surface area contributed by atoms with Crippen LogP contribution in [0.4, 0.5) is 5.69 Å². The lowest BCUT2D eigenvalue weighted by atomic mass is 10.2. The minimum absolute atomic E-state index is 0.166. The van der Waals surface area contributed by atoms with Crippen molar-refractivity contribution in [1.29, 1.82) is 0 Å². The van der Waals surface area contributed by atoms with E-state index in [0.29, 0.717) is 24.5 Å². The van der Waals surface area contributed by atoms with Crippen molar-refractivity contribution in [1.82, 2.24) is 4.31 Å². The minimum Gasteiger partial charge on any atom is -0.399 e. The van der Waals surface area contributed by atoms with Crippen molar-refractivity contribution in [2.24, 2.45) is 0 Å². The third-order valence-electron chi connectivity index (χ3n) is 3.16. The highest BCUT2D eigenvalue weighted by molar-refractivity contribution is 8.00. The topological polar surface area (TPSA) is 63.4 Å². The average molecular weight is 312 g/mol. The van der Waals surface area contributed by atoms with Gasteiger partial charge in [-0.2, -0.15) is 4.31 Å². The normalized spacial score (nSPS) is 16.9. The molecule has 1 aliphatic rings. The highest BCUT2D eigenvalue weighted by atomic mass is 32.2. The van der Waals surface area contributed by atoms with Crippen LogP contribution in [0.15, 0.2) is 40.8 Å². The van der Waals surface area contributed by atoms with Crippen molar-refractivity contribution >= 4 is 27.5 Å². The maximum Gasteiger partial charge on any atom is 0.215 e. The Labute approximate surface area is 125 Å². The summed E-state index contributed by atoms with van der Waals surface area (Å²) in [6.45, 7) is 3.11. The molecule has 2 rings (SSSR count). The largest absolute Gasteiger partial charge is 0.399 e. The van der Waals surface area contributed by atoms with Crippen molar-refractivity contribution in [3.63, 3.8) is 0 Å². The third kappa shape index (κ3) is 4.26. The second kappa shape index (κ2) is 6.65. The van der Waals surface area contributed by atoms with Gasteiger partial charge in [-0.25, -0.2) is 8.42 Å². The second-order valence-corrected chi connectivity index (χ2v) is 8.17. The summed E-state index contributed by atoms with van der Waals surface area (Å²) in [6, 6.07) is 7.51. The Balaban J connectivity index is 1.88. The Bertz CT molecular complexity index is 597. The van der Waals surface area contributed by atoms with Gasteiger partial charge in [0.05, 0.1) is 5.75 Å². The Morgan fingerprint density at radius 3 is 2.90 bits per heavy atom. The van der Waals surface area contributed by atoms with Crippen molar-refractivity contribution in [2.45, 2.75) is 18.2 Å². The zero-order valence-electron chi connectivity index (χ0n) is 11.6. The number of hydrogen-bond acceptors (Lipinski definition) is 4. The summed E-state index contributed by atoms with van der Waals surface area (Å²) in [5.41, 5.74) is 7.53. The number of benzene rings is 1. The maximum absolute atomic E-state index is 12.2. The quantitative estimate of drug-likeness (QED) is 0.515. The van der Waals surface area contributed by atoms with Gasteiger partial charge in [-0.3, -0.25) is 0 Å². The first-order valence-corrected chi connectivity index (χ1v) is 9.19. The molecule has 0 spiro atoms. The molecular formula is C14H20N2O2S2. The van der Waals surface area contributed by atoms with Crippen LogP contribution >= 0.6 is 11.8 Å². The molecule has 0 amide bonds. The highest BCUT2D eigenvalue weighted by Crippen LogP contribution is 2.21. The first-order valence-electron chi connectivity index (χ1n) is 6.59.